The average Bonchev–Trinajstić information content (AvgIpc) is 3.44. The molecule has 0 bridgehead atoms. The fourth-order valence-corrected chi connectivity index (χ4v) is 5.75. The van der Waals surface area contributed by atoms with Crippen LogP contribution in [0.2, 0.25) is 10.0 Å². The maximum absolute atomic E-state index is 14.4. The van der Waals surface area contributed by atoms with E-state index in [1.54, 1.807) is 66.7 Å². The lowest BCUT2D eigenvalue weighted by molar-refractivity contribution is -0.130. The number of carbonyl (C=O) groups excluding carboxylic acids is 1. The third-order valence-electron chi connectivity index (χ3n) is 7.28. The Hall–Kier alpha value is -4.09. The minimum atomic E-state index is -1.54. The van der Waals surface area contributed by atoms with Crippen molar-refractivity contribution < 1.29 is 19.4 Å². The van der Waals surface area contributed by atoms with Crippen LogP contribution in [0.4, 0.5) is 5.69 Å². The lowest BCUT2D eigenvalue weighted by Crippen LogP contribution is -2.53. The maximum Gasteiger partial charge on any atom is 0.266 e. The number of aliphatic imine (C=N–C) groups is 1. The predicted octanol–water partition coefficient (Wildman–Crippen LogP) is 7.78. The number of nitrogens with zero attached hydrogens (tertiary/aromatic N) is 4. The first-order valence-electron chi connectivity index (χ1n) is 14.3. The van der Waals surface area contributed by atoms with Gasteiger partial charge in [-0.2, -0.15) is 0 Å². The summed E-state index contributed by atoms with van der Waals surface area (Å²) in [6, 6.07) is 26.8. The smallest absolute Gasteiger partial charge is 0.266 e. The number of hydrogen-bond donors (Lipinski definition) is 3. The highest BCUT2D eigenvalue weighted by Gasteiger charge is 2.54. The standard InChI is InChI=1S/C33H29BrCl2N6O4/c34-24-11-6-21(7-12-24)19-33(32(44)41-38-20-23-8-13-25(35)18-28(23)36)30(27-4-1-2-5-29(27)40-42-37)46-31(39-33)22-9-14-26(15-10-22)45-17-3-16-43/h1-2,4-15,18,30,38,43H,3,16-17,19-20H2,(H,41,44)/t30-,33-/m0/s1. The van der Waals surface area contributed by atoms with E-state index in [1.807, 2.05) is 24.3 Å². The van der Waals surface area contributed by atoms with Gasteiger partial charge in [-0.25, -0.2) is 10.4 Å². The van der Waals surface area contributed by atoms with E-state index in [1.165, 1.54) is 0 Å². The number of benzene rings is 4. The van der Waals surface area contributed by atoms with E-state index in [4.69, 9.17) is 42.8 Å². The highest BCUT2D eigenvalue weighted by Crippen LogP contribution is 2.45. The zero-order valence-electron chi connectivity index (χ0n) is 24.4. The van der Waals surface area contributed by atoms with Crippen LogP contribution in [0.25, 0.3) is 10.4 Å². The molecule has 236 valence electrons. The van der Waals surface area contributed by atoms with E-state index >= 15 is 0 Å². The van der Waals surface area contributed by atoms with Crippen molar-refractivity contribution >= 4 is 56.6 Å². The molecular formula is C33H29BrCl2N6O4. The number of rotatable bonds is 13. The van der Waals surface area contributed by atoms with Gasteiger partial charge in [0.1, 0.15) is 5.75 Å². The highest BCUT2D eigenvalue weighted by molar-refractivity contribution is 9.10. The molecule has 10 nitrogen and oxygen atoms in total. The molecule has 0 radical (unpaired) electrons. The number of hydrogen-bond acceptors (Lipinski definition) is 7. The minimum absolute atomic E-state index is 0.0333. The topological polar surface area (TPSA) is 141 Å². The molecule has 46 heavy (non-hydrogen) atoms. The summed E-state index contributed by atoms with van der Waals surface area (Å²) in [5, 5.41) is 13.9. The van der Waals surface area contributed by atoms with Crippen LogP contribution in [0, 0.1) is 0 Å². The average molecular weight is 724 g/mol. The summed E-state index contributed by atoms with van der Waals surface area (Å²) in [6.07, 6.45) is -0.318. The Morgan fingerprint density at radius 2 is 1.85 bits per heavy atom. The molecule has 1 heterocycles. The van der Waals surface area contributed by atoms with Crippen LogP contribution in [0.15, 0.2) is 106 Å². The first-order valence-corrected chi connectivity index (χ1v) is 15.8. The molecule has 0 aromatic heterocycles. The Labute approximate surface area is 284 Å². The molecule has 4 aromatic carbocycles. The van der Waals surface area contributed by atoms with E-state index in [0.717, 1.165) is 15.6 Å². The zero-order valence-corrected chi connectivity index (χ0v) is 27.5. The molecule has 0 fully saturated rings. The van der Waals surface area contributed by atoms with Crippen LogP contribution < -0.4 is 15.6 Å². The fraction of sp³-hybridized carbons (Fsp3) is 0.212. The first-order chi connectivity index (χ1) is 22.3. The fourth-order valence-electron chi connectivity index (χ4n) is 5.01. The molecule has 1 aliphatic heterocycles. The third-order valence-corrected chi connectivity index (χ3v) is 8.40. The summed E-state index contributed by atoms with van der Waals surface area (Å²) in [5.41, 5.74) is 16.6. The van der Waals surface area contributed by atoms with Gasteiger partial charge < -0.3 is 14.6 Å². The molecule has 5 rings (SSSR count). The van der Waals surface area contributed by atoms with Gasteiger partial charge in [0.2, 0.25) is 5.90 Å². The predicted molar refractivity (Wildman–Crippen MR) is 181 cm³/mol. The van der Waals surface area contributed by atoms with Crippen LogP contribution >= 0.6 is 39.1 Å². The molecule has 0 aliphatic carbocycles. The largest absolute Gasteiger partial charge is 0.494 e. The summed E-state index contributed by atoms with van der Waals surface area (Å²) in [5.74, 6) is 0.376. The van der Waals surface area contributed by atoms with Crippen molar-refractivity contribution in [3.8, 4) is 5.75 Å². The number of hydrazine groups is 1. The van der Waals surface area contributed by atoms with Gasteiger partial charge in [0.15, 0.2) is 11.6 Å². The van der Waals surface area contributed by atoms with Crippen molar-refractivity contribution in [3.63, 3.8) is 0 Å². The summed E-state index contributed by atoms with van der Waals surface area (Å²) in [4.78, 5) is 22.4. The van der Waals surface area contributed by atoms with Gasteiger partial charge >= 0.3 is 0 Å². The molecule has 2 atom stereocenters. The molecule has 13 heteroatoms. The van der Waals surface area contributed by atoms with Crippen molar-refractivity contribution in [3.05, 3.63) is 138 Å². The zero-order chi connectivity index (χ0) is 32.5. The maximum atomic E-state index is 14.4. The van der Waals surface area contributed by atoms with Gasteiger partial charge in [-0.15, -0.1) is 0 Å². The Morgan fingerprint density at radius 1 is 1.09 bits per heavy atom. The first kappa shape index (κ1) is 33.3. The van der Waals surface area contributed by atoms with E-state index < -0.39 is 17.6 Å². The van der Waals surface area contributed by atoms with Crippen LogP contribution in [-0.2, 0) is 22.5 Å². The van der Waals surface area contributed by atoms with Crippen molar-refractivity contribution in [2.45, 2.75) is 31.0 Å². The number of halogens is 3. The second-order valence-corrected chi connectivity index (χ2v) is 12.1. The van der Waals surface area contributed by atoms with Gasteiger partial charge in [-0.3, -0.25) is 10.2 Å². The number of azide groups is 1. The molecule has 1 aliphatic rings. The quantitative estimate of drug-likeness (QED) is 0.0425. The van der Waals surface area contributed by atoms with Gasteiger partial charge in [0.25, 0.3) is 5.91 Å². The third kappa shape index (κ3) is 7.82. The van der Waals surface area contributed by atoms with Crippen LogP contribution in [0.3, 0.4) is 0 Å². The van der Waals surface area contributed by atoms with Crippen molar-refractivity contribution in [2.24, 2.45) is 10.1 Å². The normalized spacial score (nSPS) is 17.0. The Bertz CT molecular complexity index is 1770. The van der Waals surface area contributed by atoms with E-state index in [-0.39, 0.29) is 25.5 Å². The Morgan fingerprint density at radius 3 is 2.57 bits per heavy atom. The molecule has 4 aromatic rings. The van der Waals surface area contributed by atoms with Crippen molar-refractivity contribution in [1.82, 2.24) is 10.9 Å². The summed E-state index contributed by atoms with van der Waals surface area (Å²) in [7, 11) is 0. The molecular weight excluding hydrogens is 695 g/mol. The lowest BCUT2D eigenvalue weighted by atomic mass is 9.81. The molecule has 1 amide bonds. The molecule has 0 saturated heterocycles. The summed E-state index contributed by atoms with van der Waals surface area (Å²) in [6.45, 7) is 0.618. The van der Waals surface area contributed by atoms with Crippen molar-refractivity contribution in [1.29, 1.82) is 0 Å². The summed E-state index contributed by atoms with van der Waals surface area (Å²) < 4.78 is 13.1. The SMILES string of the molecule is [N-]=[N+]=Nc1ccccc1[C@@H]1OC(c2ccc(OCCCO)cc2)=N[C@]1(Cc1ccc(Br)cc1)C(=O)NNCc1ccc(Cl)cc1Cl. The van der Waals surface area contributed by atoms with Crippen LogP contribution in [-0.4, -0.2) is 35.7 Å². The second-order valence-electron chi connectivity index (χ2n) is 10.4. The van der Waals surface area contributed by atoms with Gasteiger partial charge in [-0.1, -0.05) is 86.7 Å². The molecule has 0 saturated carbocycles. The summed E-state index contributed by atoms with van der Waals surface area (Å²) >= 11 is 15.9. The van der Waals surface area contributed by atoms with Crippen LogP contribution in [0.5, 0.6) is 5.75 Å². The van der Waals surface area contributed by atoms with Gasteiger partial charge in [-0.05, 0) is 65.2 Å². The second kappa shape index (κ2) is 15.5. The molecule has 0 unspecified atom stereocenters. The number of amides is 1. The van der Waals surface area contributed by atoms with Crippen molar-refractivity contribution in [2.75, 3.05) is 13.2 Å². The lowest BCUT2D eigenvalue weighted by Gasteiger charge is -2.31. The number of ether oxygens (including phenoxy) is 2. The molecule has 3 N–H and O–H groups in total. The molecule has 0 spiro atoms. The van der Waals surface area contributed by atoms with E-state index in [2.05, 4.69) is 36.8 Å². The number of carbonyl (C=O) groups is 1. The number of nitrogens with one attached hydrogen (secondary N) is 2. The van der Waals surface area contributed by atoms with E-state index in [0.29, 0.717) is 45.6 Å². The monoisotopic (exact) mass is 722 g/mol. The highest BCUT2D eigenvalue weighted by atomic mass is 79.9. The van der Waals surface area contributed by atoms with Gasteiger partial charge in [0, 0.05) is 62.2 Å². The Kier molecular flexibility index (Phi) is 11.2. The van der Waals surface area contributed by atoms with Gasteiger partial charge in [0.05, 0.1) is 6.61 Å². The Balaban J connectivity index is 1.56. The van der Waals surface area contributed by atoms with E-state index in [9.17, 15) is 10.3 Å². The number of aliphatic hydroxyl groups excluding tert-OH is 1. The minimum Gasteiger partial charge on any atom is -0.494 e. The van der Waals surface area contributed by atoms with Crippen LogP contribution in [0.1, 0.15) is 34.8 Å². The number of aliphatic hydroxyl groups is 1.